The minimum atomic E-state index is -0.662. The molecule has 1 aromatic carbocycles. The zero-order valence-electron chi connectivity index (χ0n) is 11.3. The van der Waals surface area contributed by atoms with Crippen molar-refractivity contribution in [3.05, 3.63) is 54.0 Å². The van der Waals surface area contributed by atoms with E-state index in [2.05, 4.69) is 10.3 Å². The number of hydrogen-bond donors (Lipinski definition) is 1. The van der Waals surface area contributed by atoms with Crippen LogP contribution in [-0.4, -0.2) is 14.8 Å². The molecule has 9 heteroatoms. The summed E-state index contributed by atoms with van der Waals surface area (Å²) in [7, 11) is 0. The van der Waals surface area contributed by atoms with Crippen molar-refractivity contribution >= 4 is 28.4 Å². The summed E-state index contributed by atoms with van der Waals surface area (Å²) in [4.78, 5) is 25.7. The Morgan fingerprint density at radius 2 is 1.95 bits per heavy atom. The summed E-state index contributed by atoms with van der Waals surface area (Å²) in [5.74, 6) is 0. The molecule has 0 saturated heterocycles. The molecule has 2 aromatic rings. The lowest BCUT2D eigenvalue weighted by Gasteiger charge is -2.06. The maximum atomic E-state index is 11.0. The van der Waals surface area contributed by atoms with Gasteiger partial charge in [-0.3, -0.25) is 20.2 Å². The first kappa shape index (κ1) is 14.9. The molecule has 8 nitrogen and oxygen atoms in total. The molecule has 1 heterocycles. The van der Waals surface area contributed by atoms with Gasteiger partial charge in [0.1, 0.15) is 5.69 Å². The SMILES string of the molecule is Cc1nc(CNc2ccc([N+](=O)[O-])cc2[N+](=O)[O-])c(C)s1. The van der Waals surface area contributed by atoms with Crippen LogP contribution in [0.5, 0.6) is 0 Å². The van der Waals surface area contributed by atoms with Gasteiger partial charge in [0.25, 0.3) is 11.4 Å². The van der Waals surface area contributed by atoms with Crippen LogP contribution in [-0.2, 0) is 6.54 Å². The lowest BCUT2D eigenvalue weighted by molar-refractivity contribution is -0.393. The summed E-state index contributed by atoms with van der Waals surface area (Å²) in [5, 5.41) is 25.5. The lowest BCUT2D eigenvalue weighted by atomic mass is 10.2. The number of nitro groups is 2. The van der Waals surface area contributed by atoms with Crippen LogP contribution in [0.3, 0.4) is 0 Å². The Bertz CT molecular complexity index is 713. The highest BCUT2D eigenvalue weighted by molar-refractivity contribution is 7.11. The molecular weight excluding hydrogens is 296 g/mol. The van der Waals surface area contributed by atoms with Crippen LogP contribution in [0.1, 0.15) is 15.6 Å². The molecule has 0 radical (unpaired) electrons. The monoisotopic (exact) mass is 308 g/mol. The van der Waals surface area contributed by atoms with Gasteiger partial charge in [-0.05, 0) is 19.9 Å². The van der Waals surface area contributed by atoms with Crippen molar-refractivity contribution in [1.82, 2.24) is 4.98 Å². The van der Waals surface area contributed by atoms with Gasteiger partial charge < -0.3 is 5.32 Å². The van der Waals surface area contributed by atoms with E-state index in [9.17, 15) is 20.2 Å². The number of nitrogens with one attached hydrogen (secondary N) is 1. The third-order valence-corrected chi connectivity index (χ3v) is 3.76. The van der Waals surface area contributed by atoms with E-state index in [-0.39, 0.29) is 17.1 Å². The smallest absolute Gasteiger partial charge is 0.299 e. The van der Waals surface area contributed by atoms with Crippen LogP contribution < -0.4 is 5.32 Å². The molecule has 0 unspecified atom stereocenters. The molecule has 0 aliphatic carbocycles. The fraction of sp³-hybridized carbons (Fsp3) is 0.250. The van der Waals surface area contributed by atoms with E-state index >= 15 is 0 Å². The van der Waals surface area contributed by atoms with E-state index in [1.807, 2.05) is 13.8 Å². The van der Waals surface area contributed by atoms with E-state index in [1.54, 1.807) is 11.3 Å². The molecular formula is C12H12N4O4S. The van der Waals surface area contributed by atoms with E-state index in [1.165, 1.54) is 12.1 Å². The summed E-state index contributed by atoms with van der Waals surface area (Å²) >= 11 is 1.55. The Morgan fingerprint density at radius 3 is 2.48 bits per heavy atom. The number of benzene rings is 1. The van der Waals surface area contributed by atoms with Crippen LogP contribution in [0.25, 0.3) is 0 Å². The third kappa shape index (κ3) is 3.31. The van der Waals surface area contributed by atoms with Crippen molar-refractivity contribution in [2.45, 2.75) is 20.4 Å². The van der Waals surface area contributed by atoms with Crippen LogP contribution in [0, 0.1) is 34.1 Å². The number of rotatable bonds is 5. The first-order valence-electron chi connectivity index (χ1n) is 5.98. The Hall–Kier alpha value is -2.55. The topological polar surface area (TPSA) is 111 Å². The lowest BCUT2D eigenvalue weighted by Crippen LogP contribution is -2.04. The van der Waals surface area contributed by atoms with E-state index in [0.29, 0.717) is 6.54 Å². The van der Waals surface area contributed by atoms with E-state index in [0.717, 1.165) is 21.6 Å². The molecule has 1 N–H and O–H groups in total. The molecule has 0 aliphatic heterocycles. The van der Waals surface area contributed by atoms with Crippen molar-refractivity contribution < 1.29 is 9.85 Å². The van der Waals surface area contributed by atoms with E-state index in [4.69, 9.17) is 0 Å². The number of nitrogens with zero attached hydrogens (tertiary/aromatic N) is 3. The molecule has 0 spiro atoms. The molecule has 0 amide bonds. The fourth-order valence-corrected chi connectivity index (χ4v) is 2.68. The molecule has 0 aliphatic rings. The predicted octanol–water partition coefficient (Wildman–Crippen LogP) is 3.19. The zero-order valence-corrected chi connectivity index (χ0v) is 12.1. The minimum Gasteiger partial charge on any atom is -0.374 e. The van der Waals surface area contributed by atoms with E-state index < -0.39 is 9.85 Å². The third-order valence-electron chi connectivity index (χ3n) is 2.83. The summed E-state index contributed by atoms with van der Waals surface area (Å²) in [6.07, 6.45) is 0. The number of hydrogen-bond acceptors (Lipinski definition) is 7. The Morgan fingerprint density at radius 1 is 1.24 bits per heavy atom. The molecule has 110 valence electrons. The molecule has 0 bridgehead atoms. The van der Waals surface area contributed by atoms with Crippen molar-refractivity contribution in [3.63, 3.8) is 0 Å². The van der Waals surface area contributed by atoms with Gasteiger partial charge in [0.05, 0.1) is 33.2 Å². The van der Waals surface area contributed by atoms with Gasteiger partial charge in [0.15, 0.2) is 0 Å². The Balaban J connectivity index is 2.25. The second-order valence-corrected chi connectivity index (χ2v) is 5.71. The molecule has 2 rings (SSSR count). The number of nitro benzene ring substituents is 2. The summed E-state index contributed by atoms with van der Waals surface area (Å²) in [6, 6.07) is 3.51. The van der Waals surface area contributed by atoms with Crippen molar-refractivity contribution in [2.24, 2.45) is 0 Å². The zero-order chi connectivity index (χ0) is 15.6. The van der Waals surface area contributed by atoms with Crippen molar-refractivity contribution in [3.8, 4) is 0 Å². The van der Waals surface area contributed by atoms with Crippen LogP contribution >= 0.6 is 11.3 Å². The highest BCUT2D eigenvalue weighted by Gasteiger charge is 2.19. The maximum Gasteiger partial charge on any atom is 0.299 e. The van der Waals surface area contributed by atoms with Gasteiger partial charge in [0.2, 0.25) is 0 Å². The van der Waals surface area contributed by atoms with Gasteiger partial charge in [-0.1, -0.05) is 0 Å². The highest BCUT2D eigenvalue weighted by Crippen LogP contribution is 2.29. The summed E-state index contributed by atoms with van der Waals surface area (Å²) in [6.45, 7) is 4.14. The predicted molar refractivity (Wildman–Crippen MR) is 78.7 cm³/mol. The molecule has 21 heavy (non-hydrogen) atoms. The second-order valence-electron chi connectivity index (χ2n) is 4.30. The number of aryl methyl sites for hydroxylation is 2. The quantitative estimate of drug-likeness (QED) is 0.670. The van der Waals surface area contributed by atoms with Crippen LogP contribution in [0.15, 0.2) is 18.2 Å². The standard InChI is InChI=1S/C12H12N4O4S/c1-7-11(14-8(2)21-7)6-13-10-4-3-9(15(17)18)5-12(10)16(19)20/h3-5,13H,6H2,1-2H3. The largest absolute Gasteiger partial charge is 0.374 e. The van der Waals surface area contributed by atoms with Gasteiger partial charge in [-0.15, -0.1) is 11.3 Å². The van der Waals surface area contributed by atoms with Crippen LogP contribution in [0.4, 0.5) is 17.1 Å². The van der Waals surface area contributed by atoms with Crippen molar-refractivity contribution in [1.29, 1.82) is 0 Å². The summed E-state index contributed by atoms with van der Waals surface area (Å²) in [5.41, 5.74) is 0.405. The van der Waals surface area contributed by atoms with Gasteiger partial charge in [-0.2, -0.15) is 0 Å². The van der Waals surface area contributed by atoms with Crippen molar-refractivity contribution in [2.75, 3.05) is 5.32 Å². The Labute approximate surface area is 123 Å². The first-order chi connectivity index (χ1) is 9.88. The number of thiazole rings is 1. The maximum absolute atomic E-state index is 11.0. The highest BCUT2D eigenvalue weighted by atomic mass is 32.1. The van der Waals surface area contributed by atoms with Gasteiger partial charge in [-0.25, -0.2) is 4.98 Å². The normalized spacial score (nSPS) is 10.4. The molecule has 0 saturated carbocycles. The fourth-order valence-electron chi connectivity index (χ4n) is 1.85. The number of anilines is 1. The van der Waals surface area contributed by atoms with Gasteiger partial charge >= 0.3 is 0 Å². The summed E-state index contributed by atoms with van der Waals surface area (Å²) < 4.78 is 0. The molecule has 0 fully saturated rings. The van der Waals surface area contributed by atoms with Crippen LogP contribution in [0.2, 0.25) is 0 Å². The second kappa shape index (κ2) is 5.83. The average molecular weight is 308 g/mol. The first-order valence-corrected chi connectivity index (χ1v) is 6.79. The Kier molecular flexibility index (Phi) is 4.13. The minimum absolute atomic E-state index is 0.232. The number of non-ortho nitro benzene ring substituents is 1. The van der Waals surface area contributed by atoms with Gasteiger partial charge in [0, 0.05) is 10.9 Å². The average Bonchev–Trinajstić information content (AvgIpc) is 2.74. The molecule has 1 aromatic heterocycles. The molecule has 0 atom stereocenters. The number of aromatic nitrogens is 1.